The average molecular weight is 427 g/mol. The molecule has 1 unspecified atom stereocenters. The molecule has 3 heteroatoms. The molecule has 0 radical (unpaired) electrons. The molecule has 1 amide bonds. The SMILES string of the molecule is CN(C)C(c1ccccc1)C1CCC(N(Cc2ccccc2)C(=O)c2ccccc2)CC1. The lowest BCUT2D eigenvalue weighted by molar-refractivity contribution is 0.0544. The Morgan fingerprint density at radius 3 is 1.88 bits per heavy atom. The van der Waals surface area contributed by atoms with Crippen LogP contribution in [0.5, 0.6) is 0 Å². The highest BCUT2D eigenvalue weighted by atomic mass is 16.2. The predicted molar refractivity (Wildman–Crippen MR) is 131 cm³/mol. The first kappa shape index (κ1) is 22.3. The summed E-state index contributed by atoms with van der Waals surface area (Å²) in [6.07, 6.45) is 4.37. The Morgan fingerprint density at radius 2 is 1.31 bits per heavy atom. The van der Waals surface area contributed by atoms with E-state index < -0.39 is 0 Å². The second-order valence-electron chi connectivity index (χ2n) is 9.17. The molecule has 0 saturated heterocycles. The lowest BCUT2D eigenvalue weighted by Crippen LogP contribution is -2.43. The van der Waals surface area contributed by atoms with Crippen LogP contribution in [0.15, 0.2) is 91.0 Å². The molecule has 1 fully saturated rings. The van der Waals surface area contributed by atoms with Gasteiger partial charge in [-0.05, 0) is 69.0 Å². The zero-order valence-electron chi connectivity index (χ0n) is 19.2. The van der Waals surface area contributed by atoms with E-state index >= 15 is 0 Å². The van der Waals surface area contributed by atoms with Crippen molar-refractivity contribution < 1.29 is 4.79 Å². The average Bonchev–Trinajstić information content (AvgIpc) is 2.84. The largest absolute Gasteiger partial charge is 0.331 e. The van der Waals surface area contributed by atoms with Crippen LogP contribution < -0.4 is 0 Å². The molecular formula is C29H34N2O. The normalized spacial score (nSPS) is 19.5. The van der Waals surface area contributed by atoms with Gasteiger partial charge in [0.25, 0.3) is 5.91 Å². The fourth-order valence-electron chi connectivity index (χ4n) is 5.26. The third-order valence-corrected chi connectivity index (χ3v) is 6.80. The molecule has 0 aromatic heterocycles. The zero-order chi connectivity index (χ0) is 22.3. The van der Waals surface area contributed by atoms with Gasteiger partial charge in [0.05, 0.1) is 0 Å². The molecule has 1 aliphatic carbocycles. The second kappa shape index (κ2) is 10.6. The number of carbonyl (C=O) groups excluding carboxylic acids is 1. The maximum absolute atomic E-state index is 13.5. The van der Waals surface area contributed by atoms with Crippen molar-refractivity contribution in [3.8, 4) is 0 Å². The first-order valence-electron chi connectivity index (χ1n) is 11.7. The Kier molecular flexibility index (Phi) is 7.39. The standard InChI is InChI=1S/C29H34N2O/c1-30(2)28(24-14-8-4-9-15-24)25-18-20-27(21-19-25)31(22-23-12-6-3-7-13-23)29(32)26-16-10-5-11-17-26/h3-17,25,27-28H,18-22H2,1-2H3. The molecular weight excluding hydrogens is 392 g/mol. The summed E-state index contributed by atoms with van der Waals surface area (Å²) < 4.78 is 0. The van der Waals surface area contributed by atoms with E-state index in [4.69, 9.17) is 0 Å². The van der Waals surface area contributed by atoms with E-state index in [0.717, 1.165) is 31.2 Å². The summed E-state index contributed by atoms with van der Waals surface area (Å²) in [5.74, 6) is 0.749. The van der Waals surface area contributed by atoms with Crippen molar-refractivity contribution in [2.45, 2.75) is 44.3 Å². The van der Waals surface area contributed by atoms with Gasteiger partial charge < -0.3 is 9.80 Å². The first-order valence-corrected chi connectivity index (χ1v) is 11.7. The molecule has 1 saturated carbocycles. The molecule has 1 aliphatic rings. The number of benzene rings is 3. The van der Waals surface area contributed by atoms with E-state index in [2.05, 4.69) is 78.5 Å². The molecule has 32 heavy (non-hydrogen) atoms. The fraction of sp³-hybridized carbons (Fsp3) is 0.345. The highest BCUT2D eigenvalue weighted by molar-refractivity contribution is 5.94. The van der Waals surface area contributed by atoms with Gasteiger partial charge in [0.1, 0.15) is 0 Å². The van der Waals surface area contributed by atoms with E-state index in [0.29, 0.717) is 18.5 Å². The Balaban J connectivity index is 1.51. The van der Waals surface area contributed by atoms with Gasteiger partial charge in [0.2, 0.25) is 0 Å². The van der Waals surface area contributed by atoms with Gasteiger partial charge in [-0.2, -0.15) is 0 Å². The van der Waals surface area contributed by atoms with Crippen LogP contribution in [-0.4, -0.2) is 35.8 Å². The van der Waals surface area contributed by atoms with Crippen LogP contribution in [0.1, 0.15) is 53.2 Å². The van der Waals surface area contributed by atoms with Gasteiger partial charge in [-0.15, -0.1) is 0 Å². The summed E-state index contributed by atoms with van der Waals surface area (Å²) in [4.78, 5) is 18.0. The molecule has 1 atom stereocenters. The van der Waals surface area contributed by atoms with Crippen molar-refractivity contribution in [2.24, 2.45) is 5.92 Å². The minimum atomic E-state index is 0.144. The van der Waals surface area contributed by atoms with Crippen molar-refractivity contribution in [2.75, 3.05) is 14.1 Å². The number of carbonyl (C=O) groups is 1. The van der Waals surface area contributed by atoms with Crippen LogP contribution in [0.4, 0.5) is 0 Å². The summed E-state index contributed by atoms with van der Waals surface area (Å²) >= 11 is 0. The van der Waals surface area contributed by atoms with Crippen molar-refractivity contribution in [3.05, 3.63) is 108 Å². The summed E-state index contributed by atoms with van der Waals surface area (Å²) in [5, 5.41) is 0. The van der Waals surface area contributed by atoms with Gasteiger partial charge >= 0.3 is 0 Å². The zero-order valence-corrected chi connectivity index (χ0v) is 19.2. The third kappa shape index (κ3) is 5.28. The highest BCUT2D eigenvalue weighted by Gasteiger charge is 2.34. The van der Waals surface area contributed by atoms with Crippen molar-refractivity contribution in [1.29, 1.82) is 0 Å². The molecule has 4 rings (SSSR count). The molecule has 0 N–H and O–H groups in total. The minimum Gasteiger partial charge on any atom is -0.331 e. The minimum absolute atomic E-state index is 0.144. The second-order valence-corrected chi connectivity index (χ2v) is 9.17. The molecule has 0 aliphatic heterocycles. The van der Waals surface area contributed by atoms with E-state index in [1.54, 1.807) is 0 Å². The Labute approximate surface area is 192 Å². The van der Waals surface area contributed by atoms with Crippen LogP contribution in [0.3, 0.4) is 0 Å². The number of rotatable bonds is 7. The van der Waals surface area contributed by atoms with E-state index in [9.17, 15) is 4.79 Å². The maximum atomic E-state index is 13.5. The Bertz CT molecular complexity index is 964. The van der Waals surface area contributed by atoms with Gasteiger partial charge in [0, 0.05) is 24.2 Å². The molecule has 0 bridgehead atoms. The summed E-state index contributed by atoms with van der Waals surface area (Å²) in [6, 6.07) is 31.7. The topological polar surface area (TPSA) is 23.6 Å². The summed E-state index contributed by atoms with van der Waals surface area (Å²) in [6.45, 7) is 0.666. The lowest BCUT2D eigenvalue weighted by Gasteiger charge is -2.41. The predicted octanol–water partition coefficient (Wildman–Crippen LogP) is 6.19. The first-order chi connectivity index (χ1) is 15.6. The third-order valence-electron chi connectivity index (χ3n) is 6.80. The van der Waals surface area contributed by atoms with E-state index in [-0.39, 0.29) is 11.9 Å². The van der Waals surface area contributed by atoms with Crippen molar-refractivity contribution in [1.82, 2.24) is 9.80 Å². The lowest BCUT2D eigenvalue weighted by atomic mass is 9.78. The van der Waals surface area contributed by atoms with Gasteiger partial charge in [0.15, 0.2) is 0 Å². The summed E-state index contributed by atoms with van der Waals surface area (Å²) in [5.41, 5.74) is 3.36. The van der Waals surface area contributed by atoms with E-state index in [1.807, 2.05) is 36.4 Å². The summed E-state index contributed by atoms with van der Waals surface area (Å²) in [7, 11) is 4.37. The molecule has 0 spiro atoms. The maximum Gasteiger partial charge on any atom is 0.254 e. The van der Waals surface area contributed by atoms with Crippen molar-refractivity contribution in [3.63, 3.8) is 0 Å². The number of amides is 1. The van der Waals surface area contributed by atoms with Crippen LogP contribution in [0.25, 0.3) is 0 Å². The van der Waals surface area contributed by atoms with Crippen LogP contribution in [0, 0.1) is 5.92 Å². The highest BCUT2D eigenvalue weighted by Crippen LogP contribution is 2.39. The fourth-order valence-corrected chi connectivity index (χ4v) is 5.26. The molecule has 0 heterocycles. The van der Waals surface area contributed by atoms with Gasteiger partial charge in [-0.3, -0.25) is 4.79 Å². The van der Waals surface area contributed by atoms with Crippen molar-refractivity contribution >= 4 is 5.91 Å². The quantitative estimate of drug-likeness (QED) is 0.450. The van der Waals surface area contributed by atoms with Gasteiger partial charge in [-0.1, -0.05) is 78.9 Å². The van der Waals surface area contributed by atoms with E-state index in [1.165, 1.54) is 11.1 Å². The Hall–Kier alpha value is -2.91. The number of hydrogen-bond donors (Lipinski definition) is 0. The molecule has 3 aromatic carbocycles. The number of hydrogen-bond acceptors (Lipinski definition) is 2. The van der Waals surface area contributed by atoms with Gasteiger partial charge in [-0.25, -0.2) is 0 Å². The number of nitrogens with zero attached hydrogens (tertiary/aromatic N) is 2. The Morgan fingerprint density at radius 1 is 0.781 bits per heavy atom. The molecule has 3 aromatic rings. The monoisotopic (exact) mass is 426 g/mol. The smallest absolute Gasteiger partial charge is 0.254 e. The molecule has 3 nitrogen and oxygen atoms in total. The molecule has 166 valence electrons. The van der Waals surface area contributed by atoms with Crippen LogP contribution >= 0.6 is 0 Å². The van der Waals surface area contributed by atoms with Crippen LogP contribution in [-0.2, 0) is 6.54 Å². The van der Waals surface area contributed by atoms with Crippen LogP contribution in [0.2, 0.25) is 0 Å².